The van der Waals surface area contributed by atoms with E-state index in [0.717, 1.165) is 41.0 Å². The van der Waals surface area contributed by atoms with Crippen molar-refractivity contribution in [2.24, 2.45) is 0 Å². The van der Waals surface area contributed by atoms with E-state index in [-0.39, 0.29) is 10.6 Å². The zero-order valence-electron chi connectivity index (χ0n) is 18.5. The van der Waals surface area contributed by atoms with Gasteiger partial charge in [0.25, 0.3) is 0 Å². The van der Waals surface area contributed by atoms with Crippen molar-refractivity contribution in [3.05, 3.63) is 101 Å². The van der Waals surface area contributed by atoms with Gasteiger partial charge in [0, 0.05) is 11.1 Å². The standard InChI is InChI=1S/C28H29BrN2O/c1-2-3-4-14-21-25(29)31-27(23-17-10-6-11-18-23)26(22-15-8-5-9-16-22)30(28(31)32)24-19-12-7-13-20-24/h5-13,15-20,25H,2-4,14,21H2,1H3. The molecule has 0 aliphatic heterocycles. The van der Waals surface area contributed by atoms with Gasteiger partial charge in [-0.3, -0.25) is 9.13 Å². The van der Waals surface area contributed by atoms with Crippen molar-refractivity contribution in [3.63, 3.8) is 0 Å². The van der Waals surface area contributed by atoms with Crippen molar-refractivity contribution < 1.29 is 0 Å². The van der Waals surface area contributed by atoms with E-state index in [9.17, 15) is 4.79 Å². The molecule has 164 valence electrons. The van der Waals surface area contributed by atoms with Gasteiger partial charge in [-0.25, -0.2) is 4.79 Å². The zero-order chi connectivity index (χ0) is 22.3. The first-order chi connectivity index (χ1) is 15.7. The molecule has 0 fully saturated rings. The van der Waals surface area contributed by atoms with Gasteiger partial charge in [-0.1, -0.05) is 127 Å². The molecule has 1 heterocycles. The van der Waals surface area contributed by atoms with Gasteiger partial charge in [-0.05, 0) is 18.6 Å². The van der Waals surface area contributed by atoms with Crippen LogP contribution < -0.4 is 5.69 Å². The van der Waals surface area contributed by atoms with Crippen molar-refractivity contribution in [3.8, 4) is 28.2 Å². The van der Waals surface area contributed by atoms with Gasteiger partial charge >= 0.3 is 5.69 Å². The molecule has 32 heavy (non-hydrogen) atoms. The Morgan fingerprint density at radius 1 is 0.719 bits per heavy atom. The lowest BCUT2D eigenvalue weighted by Gasteiger charge is -2.16. The molecule has 0 N–H and O–H groups in total. The minimum atomic E-state index is -0.0745. The lowest BCUT2D eigenvalue weighted by Crippen LogP contribution is -2.25. The summed E-state index contributed by atoms with van der Waals surface area (Å²) in [4.78, 5) is 13.9. The van der Waals surface area contributed by atoms with Gasteiger partial charge in [0.15, 0.2) is 0 Å². The molecule has 1 unspecified atom stereocenters. The number of hydrogen-bond acceptors (Lipinski definition) is 1. The molecule has 0 aliphatic carbocycles. The molecule has 0 saturated carbocycles. The molecule has 0 spiro atoms. The van der Waals surface area contributed by atoms with E-state index in [1.54, 1.807) is 0 Å². The third kappa shape index (κ3) is 4.66. The molecule has 0 amide bonds. The van der Waals surface area contributed by atoms with Crippen LogP contribution in [-0.4, -0.2) is 9.13 Å². The fourth-order valence-electron chi connectivity index (χ4n) is 4.20. The van der Waals surface area contributed by atoms with Crippen LogP contribution in [0.3, 0.4) is 0 Å². The number of benzene rings is 3. The number of hydrogen-bond donors (Lipinski definition) is 0. The van der Waals surface area contributed by atoms with E-state index in [2.05, 4.69) is 47.1 Å². The highest BCUT2D eigenvalue weighted by Gasteiger charge is 2.26. The fourth-order valence-corrected chi connectivity index (χ4v) is 4.90. The second-order valence-corrected chi connectivity index (χ2v) is 9.09. The summed E-state index contributed by atoms with van der Waals surface area (Å²) in [6.07, 6.45) is 5.60. The second-order valence-electron chi connectivity index (χ2n) is 8.04. The van der Waals surface area contributed by atoms with Crippen LogP contribution in [0.4, 0.5) is 0 Å². The van der Waals surface area contributed by atoms with Gasteiger partial charge in [0.05, 0.1) is 22.0 Å². The predicted octanol–water partition coefficient (Wildman–Crippen LogP) is 7.84. The minimum Gasteiger partial charge on any atom is -0.278 e. The molecule has 0 aliphatic rings. The molecular formula is C28H29BrN2O. The van der Waals surface area contributed by atoms with Crippen molar-refractivity contribution in [1.29, 1.82) is 0 Å². The Hall–Kier alpha value is -2.85. The summed E-state index contributed by atoms with van der Waals surface area (Å²) in [6.45, 7) is 2.22. The summed E-state index contributed by atoms with van der Waals surface area (Å²) >= 11 is 3.88. The van der Waals surface area contributed by atoms with Crippen LogP contribution in [0.25, 0.3) is 28.2 Å². The summed E-state index contributed by atoms with van der Waals surface area (Å²) in [5.41, 5.74) is 4.78. The highest BCUT2D eigenvalue weighted by atomic mass is 79.9. The maximum atomic E-state index is 14.0. The van der Waals surface area contributed by atoms with E-state index in [1.165, 1.54) is 19.3 Å². The van der Waals surface area contributed by atoms with Gasteiger partial charge < -0.3 is 0 Å². The predicted molar refractivity (Wildman–Crippen MR) is 138 cm³/mol. The van der Waals surface area contributed by atoms with Gasteiger partial charge in [-0.2, -0.15) is 0 Å². The summed E-state index contributed by atoms with van der Waals surface area (Å²) in [6, 6.07) is 30.4. The number of imidazole rings is 1. The lowest BCUT2D eigenvalue weighted by molar-refractivity contribution is 0.554. The molecule has 4 aromatic rings. The Kier molecular flexibility index (Phi) is 7.43. The highest BCUT2D eigenvalue weighted by molar-refractivity contribution is 9.09. The number of aromatic nitrogens is 2. The van der Waals surface area contributed by atoms with Crippen LogP contribution in [0, 0.1) is 0 Å². The fraction of sp³-hybridized carbons (Fsp3) is 0.250. The Morgan fingerprint density at radius 2 is 1.25 bits per heavy atom. The third-order valence-electron chi connectivity index (χ3n) is 5.77. The summed E-state index contributed by atoms with van der Waals surface area (Å²) in [5.74, 6) is 0. The van der Waals surface area contributed by atoms with Crippen molar-refractivity contribution in [2.75, 3.05) is 0 Å². The average Bonchev–Trinajstić information content (AvgIpc) is 3.16. The minimum absolute atomic E-state index is 0.0220. The number of para-hydroxylation sites is 1. The third-order valence-corrected chi connectivity index (χ3v) is 6.64. The molecule has 4 rings (SSSR count). The molecular weight excluding hydrogens is 460 g/mol. The summed E-state index contributed by atoms with van der Waals surface area (Å²) < 4.78 is 3.80. The van der Waals surface area contributed by atoms with E-state index < -0.39 is 0 Å². The monoisotopic (exact) mass is 488 g/mol. The topological polar surface area (TPSA) is 26.9 Å². The Morgan fingerprint density at radius 3 is 1.81 bits per heavy atom. The summed E-state index contributed by atoms with van der Waals surface area (Å²) in [5, 5.41) is 0. The average molecular weight is 489 g/mol. The van der Waals surface area contributed by atoms with Crippen molar-refractivity contribution in [1.82, 2.24) is 9.13 Å². The maximum absolute atomic E-state index is 14.0. The van der Waals surface area contributed by atoms with Crippen LogP contribution in [0.15, 0.2) is 95.8 Å². The SMILES string of the molecule is CCCCCCC(Br)n1c(-c2ccccc2)c(-c2ccccc2)n(-c2ccccc2)c1=O. The lowest BCUT2D eigenvalue weighted by atomic mass is 10.0. The first kappa shape index (κ1) is 22.3. The largest absolute Gasteiger partial charge is 0.334 e. The Balaban J connectivity index is 1.97. The first-order valence-corrected chi connectivity index (χ1v) is 12.3. The van der Waals surface area contributed by atoms with Gasteiger partial charge in [-0.15, -0.1) is 0 Å². The summed E-state index contributed by atoms with van der Waals surface area (Å²) in [7, 11) is 0. The van der Waals surface area contributed by atoms with Gasteiger partial charge in [0.2, 0.25) is 0 Å². The molecule has 1 aromatic heterocycles. The highest BCUT2D eigenvalue weighted by Crippen LogP contribution is 2.37. The number of rotatable bonds is 9. The molecule has 0 radical (unpaired) electrons. The van der Waals surface area contributed by atoms with Crippen molar-refractivity contribution in [2.45, 2.75) is 44.0 Å². The van der Waals surface area contributed by atoms with Crippen molar-refractivity contribution >= 4 is 15.9 Å². The smallest absolute Gasteiger partial charge is 0.278 e. The maximum Gasteiger partial charge on any atom is 0.334 e. The first-order valence-electron chi connectivity index (χ1n) is 11.4. The quantitative estimate of drug-likeness (QED) is 0.174. The van der Waals surface area contributed by atoms with E-state index in [1.807, 2.05) is 75.9 Å². The number of nitrogens with zero attached hydrogens (tertiary/aromatic N) is 2. The van der Waals surface area contributed by atoms with E-state index in [4.69, 9.17) is 0 Å². The number of halogens is 1. The van der Waals surface area contributed by atoms with Crippen LogP contribution in [0.2, 0.25) is 0 Å². The van der Waals surface area contributed by atoms with E-state index >= 15 is 0 Å². The molecule has 4 heteroatoms. The van der Waals surface area contributed by atoms with Crippen LogP contribution in [0.5, 0.6) is 0 Å². The Bertz CT molecular complexity index is 1180. The normalized spacial score (nSPS) is 12.1. The molecule has 0 saturated heterocycles. The van der Waals surface area contributed by atoms with Crippen LogP contribution in [0.1, 0.15) is 44.0 Å². The van der Waals surface area contributed by atoms with Gasteiger partial charge in [0.1, 0.15) is 0 Å². The molecule has 1 atom stereocenters. The Labute approximate surface area is 198 Å². The zero-order valence-corrected chi connectivity index (χ0v) is 20.0. The van der Waals surface area contributed by atoms with Crippen LogP contribution in [-0.2, 0) is 0 Å². The molecule has 3 aromatic carbocycles. The second kappa shape index (κ2) is 10.6. The van der Waals surface area contributed by atoms with Crippen LogP contribution >= 0.6 is 15.9 Å². The molecule has 3 nitrogen and oxygen atoms in total. The molecule has 0 bridgehead atoms. The van der Waals surface area contributed by atoms with E-state index in [0.29, 0.717) is 0 Å². The number of alkyl halides is 1. The number of unbranched alkanes of at least 4 members (excludes halogenated alkanes) is 3.